The normalized spacial score (nSPS) is 9.92. The number of ether oxygens (including phenoxy) is 1. The number of benzene rings is 2. The van der Waals surface area contributed by atoms with Crippen LogP contribution < -0.4 is 4.74 Å². The van der Waals surface area contributed by atoms with Crippen molar-refractivity contribution in [3.05, 3.63) is 77.9 Å². The Labute approximate surface area is 149 Å². The molecule has 0 aliphatic carbocycles. The zero-order valence-corrected chi connectivity index (χ0v) is 14.4. The van der Waals surface area contributed by atoms with Crippen molar-refractivity contribution in [2.45, 2.75) is 19.9 Å². The van der Waals surface area contributed by atoms with Gasteiger partial charge < -0.3 is 9.64 Å². The second kappa shape index (κ2) is 9.29. The summed E-state index contributed by atoms with van der Waals surface area (Å²) in [7, 11) is 0. The summed E-state index contributed by atoms with van der Waals surface area (Å²) >= 11 is 0. The van der Waals surface area contributed by atoms with E-state index in [-0.39, 0.29) is 12.5 Å². The van der Waals surface area contributed by atoms with Crippen LogP contribution in [-0.2, 0) is 17.8 Å². The first-order valence-corrected chi connectivity index (χ1v) is 8.25. The van der Waals surface area contributed by atoms with Crippen molar-refractivity contribution in [1.82, 2.24) is 4.90 Å². The van der Waals surface area contributed by atoms with Gasteiger partial charge in [-0.1, -0.05) is 37.3 Å². The molecule has 0 saturated carbocycles. The SMILES string of the molecule is C=CCN(Cc1ccc(C#N)cc1)C(=O)COc1ccc(CC)cc1. The first-order valence-electron chi connectivity index (χ1n) is 8.25. The number of hydrogen-bond acceptors (Lipinski definition) is 3. The van der Waals surface area contributed by atoms with Gasteiger partial charge in [-0.25, -0.2) is 0 Å². The van der Waals surface area contributed by atoms with Crippen LogP contribution in [0.25, 0.3) is 0 Å². The maximum atomic E-state index is 12.5. The quantitative estimate of drug-likeness (QED) is 0.692. The van der Waals surface area contributed by atoms with Crippen molar-refractivity contribution >= 4 is 5.91 Å². The van der Waals surface area contributed by atoms with Crippen molar-refractivity contribution in [2.24, 2.45) is 0 Å². The molecular formula is C21H22N2O2. The number of amides is 1. The third-order valence-electron chi connectivity index (χ3n) is 3.85. The van der Waals surface area contributed by atoms with Crippen LogP contribution in [0, 0.1) is 11.3 Å². The minimum atomic E-state index is -0.108. The lowest BCUT2D eigenvalue weighted by Gasteiger charge is -2.21. The molecule has 0 aliphatic heterocycles. The summed E-state index contributed by atoms with van der Waals surface area (Å²) in [6, 6.07) is 17.0. The summed E-state index contributed by atoms with van der Waals surface area (Å²) in [6.45, 7) is 6.68. The van der Waals surface area contributed by atoms with E-state index in [1.54, 1.807) is 23.1 Å². The van der Waals surface area contributed by atoms with E-state index in [2.05, 4.69) is 19.6 Å². The highest BCUT2D eigenvalue weighted by molar-refractivity contribution is 5.78. The minimum Gasteiger partial charge on any atom is -0.484 e. The first kappa shape index (κ1) is 18.3. The smallest absolute Gasteiger partial charge is 0.261 e. The molecule has 128 valence electrons. The molecule has 0 unspecified atom stereocenters. The molecule has 0 radical (unpaired) electrons. The minimum absolute atomic E-state index is 0.0183. The number of nitriles is 1. The van der Waals surface area contributed by atoms with Crippen LogP contribution in [0.3, 0.4) is 0 Å². The van der Waals surface area contributed by atoms with Crippen LogP contribution in [0.1, 0.15) is 23.6 Å². The van der Waals surface area contributed by atoms with E-state index in [4.69, 9.17) is 10.00 Å². The summed E-state index contributed by atoms with van der Waals surface area (Å²) < 4.78 is 5.60. The standard InChI is InChI=1S/C21H22N2O2/c1-3-13-23(15-19-7-5-18(14-22)6-8-19)21(24)16-25-20-11-9-17(4-2)10-12-20/h3,5-12H,1,4,13,15-16H2,2H3. The Balaban J connectivity index is 1.96. The molecule has 0 aliphatic rings. The highest BCUT2D eigenvalue weighted by atomic mass is 16.5. The van der Waals surface area contributed by atoms with Crippen LogP contribution in [-0.4, -0.2) is 24.0 Å². The maximum Gasteiger partial charge on any atom is 0.261 e. The topological polar surface area (TPSA) is 53.3 Å². The number of rotatable bonds is 8. The van der Waals surface area contributed by atoms with Gasteiger partial charge >= 0.3 is 0 Å². The van der Waals surface area contributed by atoms with Crippen LogP contribution in [0.15, 0.2) is 61.2 Å². The predicted molar refractivity (Wildman–Crippen MR) is 98.1 cm³/mol. The molecule has 2 aromatic rings. The molecule has 0 saturated heterocycles. The average molecular weight is 334 g/mol. The zero-order chi connectivity index (χ0) is 18.1. The van der Waals surface area contributed by atoms with Crippen LogP contribution in [0.2, 0.25) is 0 Å². The van der Waals surface area contributed by atoms with E-state index >= 15 is 0 Å². The Hall–Kier alpha value is -3.06. The summed E-state index contributed by atoms with van der Waals surface area (Å²) in [6.07, 6.45) is 2.66. The summed E-state index contributed by atoms with van der Waals surface area (Å²) in [5.41, 5.74) is 2.79. The third kappa shape index (κ3) is 5.50. The molecule has 4 heteroatoms. The molecule has 0 aromatic heterocycles. The van der Waals surface area contributed by atoms with E-state index in [9.17, 15) is 4.79 Å². The number of nitrogens with zero attached hydrogens (tertiary/aromatic N) is 2. The van der Waals surface area contributed by atoms with Gasteiger partial charge in [0.15, 0.2) is 6.61 Å². The lowest BCUT2D eigenvalue weighted by Crippen LogP contribution is -2.34. The molecule has 25 heavy (non-hydrogen) atoms. The van der Waals surface area contributed by atoms with Gasteiger partial charge in [-0.05, 0) is 41.8 Å². The molecule has 2 aromatic carbocycles. The van der Waals surface area contributed by atoms with Gasteiger partial charge in [-0.15, -0.1) is 6.58 Å². The fourth-order valence-electron chi connectivity index (χ4n) is 2.37. The maximum absolute atomic E-state index is 12.5. The Kier molecular flexibility index (Phi) is 6.79. The van der Waals surface area contributed by atoms with Crippen molar-refractivity contribution < 1.29 is 9.53 Å². The van der Waals surface area contributed by atoms with E-state index in [0.29, 0.717) is 24.4 Å². The van der Waals surface area contributed by atoms with Gasteiger partial charge in [-0.3, -0.25) is 4.79 Å². The molecule has 0 heterocycles. The van der Waals surface area contributed by atoms with Crippen LogP contribution in [0.4, 0.5) is 0 Å². The molecule has 0 spiro atoms. The van der Waals surface area contributed by atoms with Gasteiger partial charge in [-0.2, -0.15) is 5.26 Å². The monoisotopic (exact) mass is 334 g/mol. The molecule has 0 atom stereocenters. The second-order valence-corrected chi connectivity index (χ2v) is 5.66. The molecule has 4 nitrogen and oxygen atoms in total. The van der Waals surface area contributed by atoms with Gasteiger partial charge in [0.2, 0.25) is 0 Å². The second-order valence-electron chi connectivity index (χ2n) is 5.66. The highest BCUT2D eigenvalue weighted by Crippen LogP contribution is 2.13. The first-order chi connectivity index (χ1) is 12.2. The Morgan fingerprint density at radius 3 is 2.36 bits per heavy atom. The number of aryl methyl sites for hydroxylation is 1. The molecule has 1 amide bonds. The fourth-order valence-corrected chi connectivity index (χ4v) is 2.37. The fraction of sp³-hybridized carbons (Fsp3) is 0.238. The largest absolute Gasteiger partial charge is 0.484 e. The highest BCUT2D eigenvalue weighted by Gasteiger charge is 2.13. The molecule has 0 fully saturated rings. The van der Waals surface area contributed by atoms with E-state index in [1.165, 1.54) is 5.56 Å². The Morgan fingerprint density at radius 1 is 1.16 bits per heavy atom. The van der Waals surface area contributed by atoms with Gasteiger partial charge in [0, 0.05) is 13.1 Å². The van der Waals surface area contributed by atoms with Crippen molar-refractivity contribution in [2.75, 3.05) is 13.2 Å². The van der Waals surface area contributed by atoms with Crippen molar-refractivity contribution in [3.8, 4) is 11.8 Å². The molecule has 2 rings (SSSR count). The third-order valence-corrected chi connectivity index (χ3v) is 3.85. The lowest BCUT2D eigenvalue weighted by atomic mass is 10.1. The summed E-state index contributed by atoms with van der Waals surface area (Å²) in [4.78, 5) is 14.1. The lowest BCUT2D eigenvalue weighted by molar-refractivity contribution is -0.133. The van der Waals surface area contributed by atoms with Crippen molar-refractivity contribution in [3.63, 3.8) is 0 Å². The number of hydrogen-bond donors (Lipinski definition) is 0. The van der Waals surface area contributed by atoms with E-state index in [1.807, 2.05) is 36.4 Å². The number of carbonyl (C=O) groups excluding carboxylic acids is 1. The number of carbonyl (C=O) groups is 1. The van der Waals surface area contributed by atoms with E-state index in [0.717, 1.165) is 12.0 Å². The van der Waals surface area contributed by atoms with Crippen LogP contribution >= 0.6 is 0 Å². The average Bonchev–Trinajstić information content (AvgIpc) is 2.66. The Bertz CT molecular complexity index is 743. The summed E-state index contributed by atoms with van der Waals surface area (Å²) in [5.74, 6) is 0.575. The Morgan fingerprint density at radius 2 is 1.80 bits per heavy atom. The van der Waals surface area contributed by atoms with E-state index < -0.39 is 0 Å². The van der Waals surface area contributed by atoms with Gasteiger partial charge in [0.1, 0.15) is 5.75 Å². The van der Waals surface area contributed by atoms with Gasteiger partial charge in [0.25, 0.3) is 5.91 Å². The zero-order valence-electron chi connectivity index (χ0n) is 14.4. The molecule has 0 bridgehead atoms. The van der Waals surface area contributed by atoms with Gasteiger partial charge in [0.05, 0.1) is 11.6 Å². The molecular weight excluding hydrogens is 312 g/mol. The van der Waals surface area contributed by atoms with Crippen molar-refractivity contribution in [1.29, 1.82) is 5.26 Å². The predicted octanol–water partition coefficient (Wildman–Crippen LogP) is 3.71. The summed E-state index contributed by atoms with van der Waals surface area (Å²) in [5, 5.41) is 8.85. The van der Waals surface area contributed by atoms with Crippen LogP contribution in [0.5, 0.6) is 5.75 Å². The molecule has 0 N–H and O–H groups in total.